The summed E-state index contributed by atoms with van der Waals surface area (Å²) in [5, 5.41) is 0. The van der Waals surface area contributed by atoms with Gasteiger partial charge in [-0.15, -0.1) is 0 Å². The van der Waals surface area contributed by atoms with Crippen molar-refractivity contribution < 1.29 is 22.0 Å². The maximum atomic E-state index is 13.7. The minimum atomic E-state index is -3.54. The van der Waals surface area contributed by atoms with E-state index in [2.05, 4.69) is 9.62 Å². The van der Waals surface area contributed by atoms with Crippen LogP contribution in [-0.2, 0) is 21.2 Å². The lowest BCUT2D eigenvalue weighted by atomic mass is 10.2. The highest BCUT2D eigenvalue weighted by Gasteiger charge is 2.26. The van der Waals surface area contributed by atoms with E-state index in [0.29, 0.717) is 37.6 Å². The number of nitrogens with zero attached hydrogens (tertiary/aromatic N) is 1. The molecular weight excluding hydrogens is 359 g/mol. The van der Waals surface area contributed by atoms with Crippen molar-refractivity contribution in [2.45, 2.75) is 12.5 Å². The van der Waals surface area contributed by atoms with Gasteiger partial charge in [-0.3, -0.25) is 4.90 Å². The Morgan fingerprint density at radius 2 is 1.92 bits per heavy atom. The largest absolute Gasteiger partial charge is 0.468 e. The molecular formula is C18H23FN2O4S. The van der Waals surface area contributed by atoms with Crippen LogP contribution in [0.3, 0.4) is 0 Å². The van der Waals surface area contributed by atoms with Crippen LogP contribution in [0.2, 0.25) is 0 Å². The predicted molar refractivity (Wildman–Crippen MR) is 95.7 cm³/mol. The Morgan fingerprint density at radius 3 is 2.62 bits per heavy atom. The molecule has 1 aromatic carbocycles. The SMILES string of the molecule is O=S(=O)(CCc1ccccc1F)NCC(c1ccco1)N1CCOCC1. The molecule has 8 heteroatoms. The van der Waals surface area contributed by atoms with E-state index in [0.717, 1.165) is 0 Å². The highest BCUT2D eigenvalue weighted by molar-refractivity contribution is 7.89. The first-order valence-corrected chi connectivity index (χ1v) is 10.3. The summed E-state index contributed by atoms with van der Waals surface area (Å²) in [7, 11) is -3.54. The molecule has 0 bridgehead atoms. The predicted octanol–water partition coefficient (Wildman–Crippen LogP) is 1.95. The second-order valence-electron chi connectivity index (χ2n) is 6.19. The summed E-state index contributed by atoms with van der Waals surface area (Å²) in [6.07, 6.45) is 1.71. The lowest BCUT2D eigenvalue weighted by Crippen LogP contribution is -2.44. The van der Waals surface area contributed by atoms with Crippen molar-refractivity contribution in [1.82, 2.24) is 9.62 Å². The van der Waals surface area contributed by atoms with E-state index < -0.39 is 10.0 Å². The summed E-state index contributed by atoms with van der Waals surface area (Å²) in [5.41, 5.74) is 0.397. The Labute approximate surface area is 153 Å². The molecule has 1 fully saturated rings. The first-order chi connectivity index (χ1) is 12.6. The maximum Gasteiger partial charge on any atom is 0.211 e. The van der Waals surface area contributed by atoms with Crippen LogP contribution in [-0.4, -0.2) is 51.9 Å². The fourth-order valence-electron chi connectivity index (χ4n) is 3.00. The van der Waals surface area contributed by atoms with Crippen LogP contribution in [0.5, 0.6) is 0 Å². The number of ether oxygens (including phenoxy) is 1. The lowest BCUT2D eigenvalue weighted by molar-refractivity contribution is 0.0128. The highest BCUT2D eigenvalue weighted by Crippen LogP contribution is 2.22. The Bertz CT molecular complexity index is 789. The van der Waals surface area contributed by atoms with Gasteiger partial charge in [-0.2, -0.15) is 0 Å². The number of furan rings is 1. The van der Waals surface area contributed by atoms with Crippen molar-refractivity contribution in [2.75, 3.05) is 38.6 Å². The van der Waals surface area contributed by atoms with Gasteiger partial charge in [0.2, 0.25) is 10.0 Å². The average molecular weight is 382 g/mol. The molecule has 1 saturated heterocycles. The van der Waals surface area contributed by atoms with Crippen molar-refractivity contribution in [3.05, 3.63) is 59.8 Å². The van der Waals surface area contributed by atoms with Crippen LogP contribution < -0.4 is 4.72 Å². The molecule has 1 atom stereocenters. The minimum absolute atomic E-state index is 0.130. The average Bonchev–Trinajstić information content (AvgIpc) is 3.16. The van der Waals surface area contributed by atoms with Gasteiger partial charge in [-0.1, -0.05) is 18.2 Å². The Morgan fingerprint density at radius 1 is 1.15 bits per heavy atom. The number of nitrogens with one attached hydrogen (secondary N) is 1. The van der Waals surface area contributed by atoms with E-state index in [1.165, 1.54) is 6.07 Å². The molecule has 3 rings (SSSR count). The van der Waals surface area contributed by atoms with Crippen molar-refractivity contribution in [3.63, 3.8) is 0 Å². The summed E-state index contributed by atoms with van der Waals surface area (Å²) >= 11 is 0. The summed E-state index contributed by atoms with van der Waals surface area (Å²) in [6.45, 7) is 2.84. The second-order valence-corrected chi connectivity index (χ2v) is 8.11. The summed E-state index contributed by atoms with van der Waals surface area (Å²) in [5.74, 6) is 0.162. The van der Waals surface area contributed by atoms with Gasteiger partial charge in [-0.05, 0) is 30.2 Å². The van der Waals surface area contributed by atoms with E-state index in [1.54, 1.807) is 30.5 Å². The number of hydrogen-bond donors (Lipinski definition) is 1. The van der Waals surface area contributed by atoms with Crippen LogP contribution in [0.25, 0.3) is 0 Å². The van der Waals surface area contributed by atoms with E-state index >= 15 is 0 Å². The van der Waals surface area contributed by atoms with Gasteiger partial charge in [0.05, 0.1) is 31.3 Å². The standard InChI is InChI=1S/C18H23FN2O4S/c19-16-5-2-1-4-15(16)7-13-26(22,23)20-14-17(18-6-3-10-25-18)21-8-11-24-12-9-21/h1-6,10,17,20H,7-9,11-14H2. The number of benzene rings is 1. The topological polar surface area (TPSA) is 71.8 Å². The van der Waals surface area contributed by atoms with E-state index in [-0.39, 0.29) is 30.6 Å². The molecule has 1 aromatic heterocycles. The van der Waals surface area contributed by atoms with Gasteiger partial charge in [0, 0.05) is 19.6 Å². The molecule has 1 aliphatic rings. The van der Waals surface area contributed by atoms with Gasteiger partial charge in [0.25, 0.3) is 0 Å². The number of aryl methyl sites for hydroxylation is 1. The van der Waals surface area contributed by atoms with Gasteiger partial charge < -0.3 is 9.15 Å². The molecule has 1 aliphatic heterocycles. The van der Waals surface area contributed by atoms with E-state index in [9.17, 15) is 12.8 Å². The number of halogens is 1. The maximum absolute atomic E-state index is 13.7. The van der Waals surface area contributed by atoms with Crippen LogP contribution in [0.4, 0.5) is 4.39 Å². The molecule has 6 nitrogen and oxygen atoms in total. The lowest BCUT2D eigenvalue weighted by Gasteiger charge is -2.33. The zero-order valence-corrected chi connectivity index (χ0v) is 15.3. The molecule has 0 saturated carbocycles. The third-order valence-corrected chi connectivity index (χ3v) is 5.80. The van der Waals surface area contributed by atoms with Gasteiger partial charge >= 0.3 is 0 Å². The first kappa shape index (κ1) is 19.0. The number of hydrogen-bond acceptors (Lipinski definition) is 5. The fraction of sp³-hybridized carbons (Fsp3) is 0.444. The zero-order chi connectivity index (χ0) is 18.4. The molecule has 0 amide bonds. The summed E-state index contributed by atoms with van der Waals surface area (Å²) in [6, 6.07) is 9.65. The minimum Gasteiger partial charge on any atom is -0.468 e. The Hall–Kier alpha value is -1.74. The third kappa shape index (κ3) is 5.14. The van der Waals surface area contributed by atoms with Crippen molar-refractivity contribution in [1.29, 1.82) is 0 Å². The molecule has 0 aliphatic carbocycles. The smallest absolute Gasteiger partial charge is 0.211 e. The fourth-order valence-corrected chi connectivity index (χ4v) is 4.05. The molecule has 26 heavy (non-hydrogen) atoms. The van der Waals surface area contributed by atoms with Gasteiger partial charge in [-0.25, -0.2) is 17.5 Å². The molecule has 2 heterocycles. The monoisotopic (exact) mass is 382 g/mol. The van der Waals surface area contributed by atoms with Gasteiger partial charge in [0.15, 0.2) is 0 Å². The van der Waals surface area contributed by atoms with Crippen molar-refractivity contribution >= 4 is 10.0 Å². The van der Waals surface area contributed by atoms with Crippen LogP contribution >= 0.6 is 0 Å². The number of morpholine rings is 1. The molecule has 1 unspecified atom stereocenters. The second kappa shape index (κ2) is 8.77. The van der Waals surface area contributed by atoms with E-state index in [1.807, 2.05) is 6.07 Å². The Balaban J connectivity index is 1.61. The number of rotatable bonds is 8. The van der Waals surface area contributed by atoms with Crippen LogP contribution in [0.15, 0.2) is 47.1 Å². The van der Waals surface area contributed by atoms with Crippen molar-refractivity contribution in [2.24, 2.45) is 0 Å². The van der Waals surface area contributed by atoms with Crippen molar-refractivity contribution in [3.8, 4) is 0 Å². The summed E-state index contributed by atoms with van der Waals surface area (Å²) < 4.78 is 51.9. The Kier molecular flexibility index (Phi) is 6.42. The van der Waals surface area contributed by atoms with Crippen LogP contribution in [0, 0.1) is 5.82 Å². The zero-order valence-electron chi connectivity index (χ0n) is 14.4. The van der Waals surface area contributed by atoms with Crippen LogP contribution in [0.1, 0.15) is 17.4 Å². The normalized spacial score (nSPS) is 17.3. The van der Waals surface area contributed by atoms with Gasteiger partial charge in [0.1, 0.15) is 11.6 Å². The third-order valence-electron chi connectivity index (χ3n) is 4.45. The number of sulfonamides is 1. The first-order valence-electron chi connectivity index (χ1n) is 8.61. The molecule has 142 valence electrons. The molecule has 0 spiro atoms. The highest BCUT2D eigenvalue weighted by atomic mass is 32.2. The summed E-state index contributed by atoms with van der Waals surface area (Å²) in [4.78, 5) is 2.14. The molecule has 2 aromatic rings. The molecule has 1 N–H and O–H groups in total. The quantitative estimate of drug-likeness (QED) is 0.756. The molecule has 0 radical (unpaired) electrons. The van der Waals surface area contributed by atoms with E-state index in [4.69, 9.17) is 9.15 Å².